The molecule has 3 rings (SSSR count). The van der Waals surface area contributed by atoms with Gasteiger partial charge in [0.05, 0.1) is 9.82 Å². The highest BCUT2D eigenvalue weighted by Crippen LogP contribution is 2.21. The van der Waals surface area contributed by atoms with E-state index in [9.17, 15) is 27.7 Å². The van der Waals surface area contributed by atoms with Crippen molar-refractivity contribution in [3.05, 3.63) is 70.0 Å². The Morgan fingerprint density at radius 3 is 1.94 bits per heavy atom. The number of hydrogen-bond acceptors (Lipinski definition) is 7. The number of piperazine rings is 1. The molecule has 1 heterocycles. The molecule has 2 aromatic carbocycles. The molecule has 0 bridgehead atoms. The molecule has 0 saturated carbocycles. The lowest BCUT2D eigenvalue weighted by Crippen LogP contribution is -2.50. The molecule has 0 atom stereocenters. The molecule has 1 saturated heterocycles. The van der Waals surface area contributed by atoms with E-state index in [2.05, 4.69) is 0 Å². The molecule has 176 valence electrons. The monoisotopic (exact) mass is 483 g/mol. The van der Waals surface area contributed by atoms with Crippen LogP contribution < -0.4 is 0 Å². The number of rotatable bonds is 4. The summed E-state index contributed by atoms with van der Waals surface area (Å²) in [6.07, 6.45) is 0. The largest absolute Gasteiger partial charge is 0.473 e. The molecule has 2 N–H and O–H groups in total. The van der Waals surface area contributed by atoms with Crippen molar-refractivity contribution in [2.75, 3.05) is 26.2 Å². The minimum atomic E-state index is -3.81. The van der Waals surface area contributed by atoms with Gasteiger partial charge in [0, 0.05) is 43.9 Å². The van der Waals surface area contributed by atoms with Gasteiger partial charge in [-0.15, -0.1) is 0 Å². The summed E-state index contributed by atoms with van der Waals surface area (Å²) in [5.41, 5.74) is 0.0149. The van der Waals surface area contributed by atoms with Gasteiger partial charge in [0.25, 0.3) is 11.6 Å². The van der Waals surface area contributed by atoms with Crippen LogP contribution in [0.5, 0.6) is 0 Å². The maximum absolute atomic E-state index is 13.3. The zero-order valence-corrected chi connectivity index (χ0v) is 17.6. The standard InChI is InChI=1S/C17H16FN3O5S.C2H2O4/c18-14-3-1-2-13(12-14)17(22)19-8-10-20(11-9-19)27(25,26)16-6-4-15(5-7-16)21(23)24;3-1(4)2(5)6/h1-7,12H,8-11H2;(H,3,4)(H,5,6). The van der Waals surface area contributed by atoms with E-state index < -0.39 is 32.7 Å². The van der Waals surface area contributed by atoms with Crippen LogP contribution in [0.1, 0.15) is 10.4 Å². The highest BCUT2D eigenvalue weighted by atomic mass is 32.2. The second-order valence-corrected chi connectivity index (χ2v) is 8.51. The summed E-state index contributed by atoms with van der Waals surface area (Å²) in [6, 6.07) is 9.99. The average Bonchev–Trinajstić information content (AvgIpc) is 2.79. The normalized spacial score (nSPS) is 14.0. The van der Waals surface area contributed by atoms with Crippen molar-refractivity contribution in [1.29, 1.82) is 0 Å². The Morgan fingerprint density at radius 2 is 1.48 bits per heavy atom. The van der Waals surface area contributed by atoms with Gasteiger partial charge >= 0.3 is 11.9 Å². The summed E-state index contributed by atoms with van der Waals surface area (Å²) in [4.78, 5) is 42.1. The number of carboxylic acids is 2. The van der Waals surface area contributed by atoms with Gasteiger partial charge in [-0.1, -0.05) is 6.07 Å². The molecule has 1 fully saturated rings. The maximum Gasteiger partial charge on any atom is 0.414 e. The number of nitro groups is 1. The molecular formula is C19H18FN3O9S. The average molecular weight is 483 g/mol. The van der Waals surface area contributed by atoms with E-state index in [4.69, 9.17) is 19.8 Å². The van der Waals surface area contributed by atoms with E-state index >= 15 is 0 Å². The Balaban J connectivity index is 0.000000569. The Labute approximate surface area is 186 Å². The van der Waals surface area contributed by atoms with E-state index in [1.165, 1.54) is 39.5 Å². The second-order valence-electron chi connectivity index (χ2n) is 6.57. The van der Waals surface area contributed by atoms with Crippen LogP contribution in [-0.2, 0) is 19.6 Å². The highest BCUT2D eigenvalue weighted by Gasteiger charge is 2.30. The molecule has 12 nitrogen and oxygen atoms in total. The van der Waals surface area contributed by atoms with E-state index in [0.717, 1.165) is 18.2 Å². The smallest absolute Gasteiger partial charge is 0.414 e. The minimum Gasteiger partial charge on any atom is -0.473 e. The molecule has 0 radical (unpaired) electrons. The summed E-state index contributed by atoms with van der Waals surface area (Å²) in [5.74, 6) is -4.52. The number of halogens is 1. The van der Waals surface area contributed by atoms with Crippen LogP contribution in [0.2, 0.25) is 0 Å². The Kier molecular flexibility index (Phi) is 8.15. The number of carbonyl (C=O) groups excluding carboxylic acids is 1. The van der Waals surface area contributed by atoms with Gasteiger partial charge in [-0.3, -0.25) is 14.9 Å². The lowest BCUT2D eigenvalue weighted by molar-refractivity contribution is -0.384. The van der Waals surface area contributed by atoms with Crippen molar-refractivity contribution in [1.82, 2.24) is 9.21 Å². The van der Waals surface area contributed by atoms with Crippen molar-refractivity contribution in [2.45, 2.75) is 4.90 Å². The number of carboxylic acid groups (broad SMARTS) is 2. The Hall–Kier alpha value is -3.91. The van der Waals surface area contributed by atoms with Gasteiger partial charge in [-0.05, 0) is 30.3 Å². The molecule has 1 aliphatic rings. The van der Waals surface area contributed by atoms with E-state index in [1.807, 2.05) is 0 Å². The predicted molar refractivity (Wildman–Crippen MR) is 109 cm³/mol. The van der Waals surface area contributed by atoms with Crippen molar-refractivity contribution < 1.29 is 42.3 Å². The molecular weight excluding hydrogens is 465 g/mol. The first-order valence-corrected chi connectivity index (χ1v) is 10.6. The van der Waals surface area contributed by atoms with Crippen LogP contribution >= 0.6 is 0 Å². The quantitative estimate of drug-likeness (QED) is 0.365. The highest BCUT2D eigenvalue weighted by molar-refractivity contribution is 7.89. The van der Waals surface area contributed by atoms with Gasteiger partial charge in [-0.2, -0.15) is 4.31 Å². The van der Waals surface area contributed by atoms with Crippen molar-refractivity contribution in [3.8, 4) is 0 Å². The maximum atomic E-state index is 13.3. The van der Waals surface area contributed by atoms with Crippen LogP contribution in [0.25, 0.3) is 0 Å². The van der Waals surface area contributed by atoms with Gasteiger partial charge < -0.3 is 15.1 Å². The molecule has 2 aromatic rings. The zero-order chi connectivity index (χ0) is 24.8. The van der Waals surface area contributed by atoms with Crippen LogP contribution in [0.15, 0.2) is 53.4 Å². The molecule has 0 spiro atoms. The number of nitro benzene ring substituents is 1. The molecule has 14 heteroatoms. The molecule has 0 unspecified atom stereocenters. The summed E-state index contributed by atoms with van der Waals surface area (Å²) >= 11 is 0. The zero-order valence-electron chi connectivity index (χ0n) is 16.8. The number of carbonyl (C=O) groups is 3. The first kappa shape index (κ1) is 25.4. The number of amides is 1. The van der Waals surface area contributed by atoms with Crippen molar-refractivity contribution in [2.24, 2.45) is 0 Å². The molecule has 0 aromatic heterocycles. The molecule has 1 aliphatic heterocycles. The predicted octanol–water partition coefficient (Wildman–Crippen LogP) is 1.04. The van der Waals surface area contributed by atoms with E-state index in [1.54, 1.807) is 0 Å². The number of nitrogens with zero attached hydrogens (tertiary/aromatic N) is 3. The number of non-ortho nitro benzene ring substituents is 1. The fraction of sp³-hybridized carbons (Fsp3) is 0.211. The summed E-state index contributed by atoms with van der Waals surface area (Å²) in [6.45, 7) is 0.504. The number of benzene rings is 2. The number of hydrogen-bond donors (Lipinski definition) is 2. The van der Waals surface area contributed by atoms with Crippen LogP contribution in [0.4, 0.5) is 10.1 Å². The minimum absolute atomic E-state index is 0.0435. The molecule has 33 heavy (non-hydrogen) atoms. The Morgan fingerprint density at radius 1 is 0.939 bits per heavy atom. The Bertz CT molecular complexity index is 1150. The van der Waals surface area contributed by atoms with E-state index in [0.29, 0.717) is 0 Å². The lowest BCUT2D eigenvalue weighted by Gasteiger charge is -2.34. The molecule has 0 aliphatic carbocycles. The second kappa shape index (κ2) is 10.6. The summed E-state index contributed by atoms with van der Waals surface area (Å²) in [7, 11) is -3.81. The van der Waals surface area contributed by atoms with Gasteiger partial charge in [-0.25, -0.2) is 22.4 Å². The number of sulfonamides is 1. The first-order valence-electron chi connectivity index (χ1n) is 9.19. The van der Waals surface area contributed by atoms with Gasteiger partial charge in [0.2, 0.25) is 10.0 Å². The lowest BCUT2D eigenvalue weighted by atomic mass is 10.2. The summed E-state index contributed by atoms with van der Waals surface area (Å²) < 4.78 is 39.8. The van der Waals surface area contributed by atoms with Crippen LogP contribution in [0.3, 0.4) is 0 Å². The van der Waals surface area contributed by atoms with Crippen molar-refractivity contribution >= 4 is 33.6 Å². The van der Waals surface area contributed by atoms with Crippen LogP contribution in [0, 0.1) is 15.9 Å². The summed E-state index contributed by atoms with van der Waals surface area (Å²) in [5, 5.41) is 25.5. The third kappa shape index (κ3) is 6.54. The van der Waals surface area contributed by atoms with Gasteiger partial charge in [0.1, 0.15) is 5.82 Å². The van der Waals surface area contributed by atoms with Gasteiger partial charge in [0.15, 0.2) is 0 Å². The van der Waals surface area contributed by atoms with E-state index in [-0.39, 0.29) is 48.2 Å². The van der Waals surface area contributed by atoms with Crippen LogP contribution in [-0.4, -0.2) is 76.8 Å². The topological polar surface area (TPSA) is 175 Å². The van der Waals surface area contributed by atoms with Crippen molar-refractivity contribution in [3.63, 3.8) is 0 Å². The first-order chi connectivity index (χ1) is 15.4. The third-order valence-electron chi connectivity index (χ3n) is 4.47. The number of aliphatic carboxylic acids is 2. The SMILES string of the molecule is O=C(O)C(=O)O.O=C(c1cccc(F)c1)N1CCN(S(=O)(=O)c2ccc([N+](=O)[O-])cc2)CC1. The third-order valence-corrected chi connectivity index (χ3v) is 6.38. The fourth-order valence-corrected chi connectivity index (χ4v) is 4.25. The fourth-order valence-electron chi connectivity index (χ4n) is 2.82. The molecule has 1 amide bonds.